The fraction of sp³-hybridized carbons (Fsp3) is 0.706. The van der Waals surface area contributed by atoms with Crippen LogP contribution in [0.2, 0.25) is 0 Å². The summed E-state index contributed by atoms with van der Waals surface area (Å²) in [6.45, 7) is 5.45. The molecule has 0 radical (unpaired) electrons. The number of rotatable bonds is 6. The molecule has 1 aromatic heterocycles. The van der Waals surface area contributed by atoms with E-state index in [2.05, 4.69) is 15.5 Å². The highest BCUT2D eigenvalue weighted by Crippen LogP contribution is 2.25. The molecule has 25 heavy (non-hydrogen) atoms. The lowest BCUT2D eigenvalue weighted by Crippen LogP contribution is -2.44. The van der Waals surface area contributed by atoms with Crippen molar-refractivity contribution in [2.24, 2.45) is 4.99 Å². The Hall–Kier alpha value is -1.54. The first-order valence-corrected chi connectivity index (χ1v) is 10.9. The Balaban J connectivity index is 1.67. The number of furan rings is 1. The molecule has 3 heterocycles. The van der Waals surface area contributed by atoms with E-state index in [1.165, 1.54) is 12.8 Å². The predicted octanol–water partition coefficient (Wildman–Crippen LogP) is 1.16. The number of likely N-dealkylation sites (tertiary alicyclic amines) is 1. The average Bonchev–Trinajstić information content (AvgIpc) is 3.30. The molecule has 2 fully saturated rings. The van der Waals surface area contributed by atoms with Gasteiger partial charge in [0.15, 0.2) is 15.8 Å². The van der Waals surface area contributed by atoms with E-state index in [1.807, 2.05) is 19.1 Å². The van der Waals surface area contributed by atoms with Crippen LogP contribution in [0.3, 0.4) is 0 Å². The predicted molar refractivity (Wildman–Crippen MR) is 98.4 cm³/mol. The minimum Gasteiger partial charge on any atom is -0.468 e. The van der Waals surface area contributed by atoms with Gasteiger partial charge in [-0.2, -0.15) is 0 Å². The Bertz CT molecular complexity index is 666. The van der Waals surface area contributed by atoms with Crippen molar-refractivity contribution in [2.75, 3.05) is 37.7 Å². The van der Waals surface area contributed by atoms with Crippen LogP contribution in [0.1, 0.15) is 38.0 Å². The topological polar surface area (TPSA) is 86.9 Å². The molecule has 2 unspecified atom stereocenters. The van der Waals surface area contributed by atoms with E-state index in [9.17, 15) is 8.42 Å². The summed E-state index contributed by atoms with van der Waals surface area (Å²) < 4.78 is 28.9. The second-order valence-corrected chi connectivity index (χ2v) is 8.97. The molecule has 140 valence electrons. The third-order valence-corrected chi connectivity index (χ3v) is 6.56. The maximum atomic E-state index is 11.7. The number of nitrogens with zero attached hydrogens (tertiary/aromatic N) is 2. The summed E-state index contributed by atoms with van der Waals surface area (Å²) >= 11 is 0. The minimum atomic E-state index is -2.90. The number of hydrogen-bond acceptors (Lipinski definition) is 5. The molecule has 2 saturated heterocycles. The lowest BCUT2D eigenvalue weighted by atomic mass is 10.2. The Morgan fingerprint density at radius 2 is 2.24 bits per heavy atom. The van der Waals surface area contributed by atoms with E-state index in [1.54, 1.807) is 6.26 Å². The maximum Gasteiger partial charge on any atom is 0.191 e. The van der Waals surface area contributed by atoms with E-state index in [-0.39, 0.29) is 23.6 Å². The molecule has 0 aliphatic carbocycles. The molecule has 2 atom stereocenters. The summed E-state index contributed by atoms with van der Waals surface area (Å²) in [4.78, 5) is 7.13. The van der Waals surface area contributed by atoms with Gasteiger partial charge in [0.25, 0.3) is 0 Å². The minimum absolute atomic E-state index is 0.0587. The molecule has 8 heteroatoms. The molecule has 2 N–H and O–H groups in total. The molecule has 0 bridgehead atoms. The average molecular weight is 369 g/mol. The molecular formula is C17H28N4O3S. The Kier molecular flexibility index (Phi) is 6.01. The van der Waals surface area contributed by atoms with E-state index in [0.29, 0.717) is 18.9 Å². The van der Waals surface area contributed by atoms with Crippen molar-refractivity contribution in [3.8, 4) is 0 Å². The second-order valence-electron chi connectivity index (χ2n) is 6.74. The smallest absolute Gasteiger partial charge is 0.191 e. The van der Waals surface area contributed by atoms with Gasteiger partial charge in [-0.05, 0) is 51.4 Å². The molecular weight excluding hydrogens is 340 g/mol. The van der Waals surface area contributed by atoms with Gasteiger partial charge in [-0.25, -0.2) is 8.42 Å². The van der Waals surface area contributed by atoms with Gasteiger partial charge in [0.05, 0.1) is 30.4 Å². The normalized spacial score (nSPS) is 25.2. The molecule has 0 spiro atoms. The molecule has 2 aliphatic heterocycles. The van der Waals surface area contributed by atoms with E-state index >= 15 is 0 Å². The van der Waals surface area contributed by atoms with Crippen LogP contribution in [0, 0.1) is 0 Å². The Morgan fingerprint density at radius 1 is 1.44 bits per heavy atom. The Morgan fingerprint density at radius 3 is 2.84 bits per heavy atom. The van der Waals surface area contributed by atoms with Crippen molar-refractivity contribution in [3.05, 3.63) is 24.2 Å². The molecule has 0 saturated carbocycles. The fourth-order valence-electron chi connectivity index (χ4n) is 3.52. The van der Waals surface area contributed by atoms with Crippen LogP contribution in [-0.4, -0.2) is 63.0 Å². The first-order chi connectivity index (χ1) is 12.1. The van der Waals surface area contributed by atoms with Gasteiger partial charge in [0.2, 0.25) is 0 Å². The summed E-state index contributed by atoms with van der Waals surface area (Å²) in [6, 6.07) is 3.98. The third kappa shape index (κ3) is 4.98. The van der Waals surface area contributed by atoms with Crippen molar-refractivity contribution in [3.63, 3.8) is 0 Å². The van der Waals surface area contributed by atoms with Gasteiger partial charge >= 0.3 is 0 Å². The van der Waals surface area contributed by atoms with Crippen molar-refractivity contribution in [1.29, 1.82) is 0 Å². The van der Waals surface area contributed by atoms with Crippen LogP contribution in [0.4, 0.5) is 0 Å². The first-order valence-electron chi connectivity index (χ1n) is 9.10. The molecule has 0 amide bonds. The second kappa shape index (κ2) is 8.23. The molecule has 7 nitrogen and oxygen atoms in total. The third-order valence-electron chi connectivity index (χ3n) is 4.79. The van der Waals surface area contributed by atoms with E-state index in [0.717, 1.165) is 25.4 Å². The van der Waals surface area contributed by atoms with Gasteiger partial charge in [-0.15, -0.1) is 0 Å². The number of guanidine groups is 1. The van der Waals surface area contributed by atoms with Crippen LogP contribution < -0.4 is 10.6 Å². The quantitative estimate of drug-likeness (QED) is 0.579. The number of nitrogens with one attached hydrogen (secondary N) is 2. The van der Waals surface area contributed by atoms with Crippen LogP contribution in [0.15, 0.2) is 27.8 Å². The van der Waals surface area contributed by atoms with E-state index in [4.69, 9.17) is 9.41 Å². The van der Waals surface area contributed by atoms with Crippen molar-refractivity contribution in [2.45, 2.75) is 38.3 Å². The standard InChI is InChI=1S/C17H28N4O3S/c1-2-18-17(20-14-7-11-25(22,23)13-14)19-12-15(16-6-5-10-24-16)21-8-3-4-9-21/h5-6,10,14-15H,2-4,7-9,11-13H2,1H3,(H2,18,19,20). The zero-order valence-electron chi connectivity index (χ0n) is 14.8. The van der Waals surface area contributed by atoms with Crippen molar-refractivity contribution >= 4 is 15.8 Å². The Labute approximate surface area is 149 Å². The maximum absolute atomic E-state index is 11.7. The van der Waals surface area contributed by atoms with Crippen LogP contribution >= 0.6 is 0 Å². The SMILES string of the molecule is CCNC(=NCC(c1ccco1)N1CCCC1)NC1CCS(=O)(=O)C1. The van der Waals surface area contributed by atoms with E-state index < -0.39 is 9.84 Å². The highest BCUT2D eigenvalue weighted by atomic mass is 32.2. The highest BCUT2D eigenvalue weighted by Gasteiger charge is 2.29. The number of hydrogen-bond donors (Lipinski definition) is 2. The van der Waals surface area contributed by atoms with Gasteiger partial charge in [-0.3, -0.25) is 9.89 Å². The van der Waals surface area contributed by atoms with Crippen molar-refractivity contribution in [1.82, 2.24) is 15.5 Å². The highest BCUT2D eigenvalue weighted by molar-refractivity contribution is 7.91. The summed E-state index contributed by atoms with van der Waals surface area (Å²) in [5, 5.41) is 6.50. The van der Waals surface area contributed by atoms with Gasteiger partial charge in [0.1, 0.15) is 5.76 Å². The summed E-state index contributed by atoms with van der Waals surface area (Å²) in [5.41, 5.74) is 0. The summed E-state index contributed by atoms with van der Waals surface area (Å²) in [6.07, 6.45) is 4.76. The first kappa shape index (κ1) is 18.3. The van der Waals surface area contributed by atoms with Gasteiger partial charge in [0, 0.05) is 12.6 Å². The zero-order chi connectivity index (χ0) is 17.7. The van der Waals surface area contributed by atoms with Crippen LogP contribution in [-0.2, 0) is 9.84 Å². The summed E-state index contributed by atoms with van der Waals surface area (Å²) in [7, 11) is -2.90. The molecule has 3 rings (SSSR count). The summed E-state index contributed by atoms with van der Waals surface area (Å²) in [5.74, 6) is 2.06. The number of aliphatic imine (C=N–C) groups is 1. The zero-order valence-corrected chi connectivity index (χ0v) is 15.6. The molecule has 0 aromatic carbocycles. The lowest BCUT2D eigenvalue weighted by Gasteiger charge is -2.25. The molecule has 1 aromatic rings. The largest absolute Gasteiger partial charge is 0.468 e. The number of sulfone groups is 1. The van der Waals surface area contributed by atoms with Crippen LogP contribution in [0.5, 0.6) is 0 Å². The van der Waals surface area contributed by atoms with Gasteiger partial charge < -0.3 is 15.1 Å². The lowest BCUT2D eigenvalue weighted by molar-refractivity contribution is 0.221. The fourth-order valence-corrected chi connectivity index (χ4v) is 5.19. The van der Waals surface area contributed by atoms with Crippen molar-refractivity contribution < 1.29 is 12.8 Å². The molecule has 2 aliphatic rings. The monoisotopic (exact) mass is 368 g/mol. The van der Waals surface area contributed by atoms with Crippen LogP contribution in [0.25, 0.3) is 0 Å². The van der Waals surface area contributed by atoms with Gasteiger partial charge in [-0.1, -0.05) is 0 Å².